The molecule has 0 radical (unpaired) electrons. The van der Waals surface area contributed by atoms with E-state index in [0.29, 0.717) is 48.3 Å². The summed E-state index contributed by atoms with van der Waals surface area (Å²) in [5.41, 5.74) is 5.51. The van der Waals surface area contributed by atoms with E-state index in [9.17, 15) is 0 Å². The van der Waals surface area contributed by atoms with Crippen LogP contribution in [0.4, 0.5) is 11.8 Å². The van der Waals surface area contributed by atoms with E-state index in [0.717, 1.165) is 50.3 Å². The number of hydrogen-bond acceptors (Lipinski definition) is 10. The van der Waals surface area contributed by atoms with E-state index in [1.165, 1.54) is 0 Å². The molecule has 0 saturated heterocycles. The Balaban J connectivity index is 1.66. The lowest BCUT2D eigenvalue weighted by atomic mass is 10.0. The number of aromatic nitrogens is 2. The number of nitrogens with two attached hydrogens (primary N) is 1. The van der Waals surface area contributed by atoms with Gasteiger partial charge in [0.15, 0.2) is 0 Å². The third-order valence-electron chi connectivity index (χ3n) is 5.97. The van der Waals surface area contributed by atoms with Crippen LogP contribution in [0.3, 0.4) is 0 Å². The Morgan fingerprint density at radius 1 is 1.32 bits per heavy atom. The second-order valence-electron chi connectivity index (χ2n) is 9.01. The molecule has 1 unspecified atom stereocenters. The summed E-state index contributed by atoms with van der Waals surface area (Å²) in [6.45, 7) is 16.5. The molecule has 1 aromatic heterocycles. The second kappa shape index (κ2) is 12.6. The normalized spacial score (nSPS) is 18.0. The Morgan fingerprint density at radius 3 is 2.71 bits per heavy atom. The second-order valence-corrected chi connectivity index (χ2v) is 9.01. The van der Waals surface area contributed by atoms with Crippen LogP contribution in [0.5, 0.6) is 5.88 Å². The van der Waals surface area contributed by atoms with Gasteiger partial charge in [-0.25, -0.2) is 0 Å². The van der Waals surface area contributed by atoms with Gasteiger partial charge < -0.3 is 30.5 Å². The van der Waals surface area contributed by atoms with Gasteiger partial charge in [0.25, 0.3) is 0 Å². The Kier molecular flexibility index (Phi) is 9.52. The molecule has 1 fully saturated rings. The van der Waals surface area contributed by atoms with Crippen LogP contribution < -0.4 is 26.6 Å². The van der Waals surface area contributed by atoms with E-state index in [1.54, 1.807) is 6.07 Å². The van der Waals surface area contributed by atoms with E-state index in [-0.39, 0.29) is 6.10 Å². The van der Waals surface area contributed by atoms with Crippen LogP contribution in [-0.2, 0) is 4.84 Å². The van der Waals surface area contributed by atoms with Crippen molar-refractivity contribution < 1.29 is 9.57 Å². The molecular weight excluding hydrogens is 432 g/mol. The van der Waals surface area contributed by atoms with Gasteiger partial charge in [-0.3, -0.25) is 5.84 Å². The summed E-state index contributed by atoms with van der Waals surface area (Å²) in [7, 11) is 0. The molecule has 34 heavy (non-hydrogen) atoms. The highest BCUT2D eigenvalue weighted by Crippen LogP contribution is 2.35. The first-order valence-electron chi connectivity index (χ1n) is 12.3. The molecule has 0 spiro atoms. The largest absolute Gasteiger partial charge is 0.476 e. The zero-order valence-corrected chi connectivity index (χ0v) is 20.9. The number of ether oxygens (including phenoxy) is 1. The molecule has 1 saturated carbocycles. The van der Waals surface area contributed by atoms with Gasteiger partial charge in [-0.1, -0.05) is 39.4 Å². The summed E-state index contributed by atoms with van der Waals surface area (Å²) in [6, 6.07) is 1.78. The summed E-state index contributed by atoms with van der Waals surface area (Å²) in [4.78, 5) is 17.0. The summed E-state index contributed by atoms with van der Waals surface area (Å²) in [5.74, 6) is 8.07. The van der Waals surface area contributed by atoms with Crippen LogP contribution >= 0.6 is 0 Å². The minimum absolute atomic E-state index is 0.0423. The molecule has 10 heteroatoms. The molecule has 5 N–H and O–H groups in total. The SMILES string of the molecule is C=C(/C=C(\NN)C1CC1)Nc1cc(OCCN(CC)CC)nc(NCC2CC(C(C)C)=NO2)n1. The van der Waals surface area contributed by atoms with E-state index in [2.05, 4.69) is 70.4 Å². The van der Waals surface area contributed by atoms with Crippen LogP contribution in [-0.4, -0.2) is 59.5 Å². The molecule has 10 nitrogen and oxygen atoms in total. The molecule has 2 heterocycles. The maximum absolute atomic E-state index is 5.97. The summed E-state index contributed by atoms with van der Waals surface area (Å²) >= 11 is 0. The third-order valence-corrected chi connectivity index (χ3v) is 5.97. The van der Waals surface area contributed by atoms with Crippen molar-refractivity contribution in [3.63, 3.8) is 0 Å². The molecule has 0 amide bonds. The number of allylic oxidation sites excluding steroid dienone is 2. The lowest BCUT2D eigenvalue weighted by molar-refractivity contribution is 0.0947. The topological polar surface area (TPSA) is 122 Å². The van der Waals surface area contributed by atoms with Crippen LogP contribution in [0.25, 0.3) is 0 Å². The monoisotopic (exact) mass is 472 g/mol. The van der Waals surface area contributed by atoms with Crippen LogP contribution in [0.15, 0.2) is 35.3 Å². The first kappa shape index (κ1) is 25.8. The number of nitrogens with one attached hydrogen (secondary N) is 3. The predicted molar refractivity (Wildman–Crippen MR) is 136 cm³/mol. The summed E-state index contributed by atoms with van der Waals surface area (Å²) < 4.78 is 5.97. The van der Waals surface area contributed by atoms with E-state index < -0.39 is 0 Å². The van der Waals surface area contributed by atoms with Gasteiger partial charge in [0.05, 0.1) is 12.3 Å². The zero-order valence-electron chi connectivity index (χ0n) is 20.9. The van der Waals surface area contributed by atoms with Crippen molar-refractivity contribution in [3.05, 3.63) is 30.1 Å². The molecule has 188 valence electrons. The highest BCUT2D eigenvalue weighted by atomic mass is 16.6. The van der Waals surface area contributed by atoms with Crippen molar-refractivity contribution in [1.82, 2.24) is 20.3 Å². The van der Waals surface area contributed by atoms with Gasteiger partial charge in [0, 0.05) is 36.3 Å². The minimum Gasteiger partial charge on any atom is -0.476 e. The number of oxime groups is 1. The van der Waals surface area contributed by atoms with Crippen molar-refractivity contribution in [2.45, 2.75) is 53.1 Å². The maximum Gasteiger partial charge on any atom is 0.228 e. The molecule has 1 aliphatic carbocycles. The molecule has 2 aliphatic rings. The van der Waals surface area contributed by atoms with Crippen molar-refractivity contribution >= 4 is 17.5 Å². The number of hydrazine groups is 1. The maximum atomic E-state index is 5.97. The van der Waals surface area contributed by atoms with E-state index >= 15 is 0 Å². The zero-order chi connectivity index (χ0) is 24.5. The van der Waals surface area contributed by atoms with Crippen LogP contribution in [0.1, 0.15) is 47.0 Å². The summed E-state index contributed by atoms with van der Waals surface area (Å²) in [6.07, 6.45) is 4.96. The van der Waals surface area contributed by atoms with Crippen molar-refractivity contribution in [3.8, 4) is 5.88 Å². The highest BCUT2D eigenvalue weighted by Gasteiger charge is 2.26. The minimum atomic E-state index is -0.0423. The molecule has 1 atom stereocenters. The standard InChI is InChI=1S/C24H40N8O2/c1-6-32(7-2)10-11-33-23-14-22(27-17(5)12-21(30-25)18-8-9-18)28-24(29-23)26-15-19-13-20(16(3)4)31-34-19/h12,14,16,18-19,30H,5-11,13,15,25H2,1-4H3,(H2,26,27,28,29)/b21-12-. The molecule has 0 aromatic carbocycles. The van der Waals surface area contributed by atoms with Gasteiger partial charge in [-0.2, -0.15) is 9.97 Å². The highest BCUT2D eigenvalue weighted by molar-refractivity contribution is 5.87. The molecule has 3 rings (SSSR count). The van der Waals surface area contributed by atoms with E-state index in [1.807, 2.05) is 6.08 Å². The fourth-order valence-electron chi connectivity index (χ4n) is 3.63. The average molecular weight is 473 g/mol. The Hall–Kier alpha value is -2.85. The fraction of sp³-hybridized carbons (Fsp3) is 0.625. The summed E-state index contributed by atoms with van der Waals surface area (Å²) in [5, 5.41) is 10.7. The smallest absolute Gasteiger partial charge is 0.228 e. The molecular formula is C24H40N8O2. The Morgan fingerprint density at radius 2 is 2.09 bits per heavy atom. The lowest BCUT2D eigenvalue weighted by Gasteiger charge is -2.18. The predicted octanol–water partition coefficient (Wildman–Crippen LogP) is 3.09. The average Bonchev–Trinajstić information content (AvgIpc) is 3.55. The number of anilines is 2. The fourth-order valence-corrected chi connectivity index (χ4v) is 3.63. The van der Waals surface area contributed by atoms with E-state index in [4.69, 9.17) is 15.4 Å². The first-order valence-corrected chi connectivity index (χ1v) is 12.3. The molecule has 1 aromatic rings. The number of nitrogens with zero attached hydrogens (tertiary/aromatic N) is 4. The molecule has 1 aliphatic heterocycles. The van der Waals surface area contributed by atoms with Gasteiger partial charge in [-0.05, 0) is 37.9 Å². The van der Waals surface area contributed by atoms with Gasteiger partial charge in [0.2, 0.25) is 11.8 Å². The quantitative estimate of drug-likeness (QED) is 0.173. The number of rotatable bonds is 15. The van der Waals surface area contributed by atoms with Crippen LogP contribution in [0, 0.1) is 11.8 Å². The number of hydrogen-bond donors (Lipinski definition) is 4. The van der Waals surface area contributed by atoms with Crippen molar-refractivity contribution in [2.24, 2.45) is 22.8 Å². The molecule has 0 bridgehead atoms. The third kappa shape index (κ3) is 7.88. The van der Waals surface area contributed by atoms with Crippen LogP contribution in [0.2, 0.25) is 0 Å². The lowest BCUT2D eigenvalue weighted by Crippen LogP contribution is -2.28. The Labute approximate surface area is 203 Å². The number of likely N-dealkylation sites (N-methyl/N-ethyl adjacent to an activating group) is 1. The van der Waals surface area contributed by atoms with Crippen molar-refractivity contribution in [2.75, 3.05) is 43.4 Å². The van der Waals surface area contributed by atoms with Gasteiger partial charge >= 0.3 is 0 Å². The van der Waals surface area contributed by atoms with Crippen molar-refractivity contribution in [1.29, 1.82) is 0 Å². The Bertz CT molecular complexity index is 878. The first-order chi connectivity index (χ1) is 16.4. The van der Waals surface area contributed by atoms with Gasteiger partial charge in [-0.15, -0.1) is 0 Å². The van der Waals surface area contributed by atoms with Gasteiger partial charge in [0.1, 0.15) is 18.5 Å².